The van der Waals surface area contributed by atoms with E-state index in [1.165, 1.54) is 4.88 Å². The lowest BCUT2D eigenvalue weighted by atomic mass is 10.2. The fraction of sp³-hybridized carbons (Fsp3) is 0.571. The van der Waals surface area contributed by atoms with Crippen molar-refractivity contribution in [3.05, 3.63) is 22.4 Å². The van der Waals surface area contributed by atoms with Gasteiger partial charge in [0.05, 0.1) is 12.6 Å². The largest absolute Gasteiger partial charge is 0.459 e. The van der Waals surface area contributed by atoms with Crippen LogP contribution in [0.3, 0.4) is 0 Å². The number of carbonyl (C=O) groups is 2. The summed E-state index contributed by atoms with van der Waals surface area (Å²) in [6.07, 6.45) is 0. The average Bonchev–Trinajstić information content (AvgIpc) is 2.97. The highest BCUT2D eigenvalue weighted by atomic mass is 32.1. The molecule has 0 saturated carbocycles. The Morgan fingerprint density at radius 2 is 2.05 bits per heavy atom. The first-order chi connectivity index (χ1) is 9.63. The number of thiophene rings is 1. The molecule has 5 nitrogen and oxygen atoms in total. The van der Waals surface area contributed by atoms with Crippen LogP contribution in [0, 0.1) is 0 Å². The maximum atomic E-state index is 11.6. The number of rotatable bonds is 7. The summed E-state index contributed by atoms with van der Waals surface area (Å²) in [6, 6.07) is 4.12. The lowest BCUT2D eigenvalue weighted by Gasteiger charge is -2.28. The predicted molar refractivity (Wildman–Crippen MR) is 79.6 cm³/mol. The standard InChI is InChI=1S/C14H22N2O3S/c1-4-16(5-2)11(12-8-7-9-20-12)10-15-13(17)14(18)19-6-3/h7-9,11H,4-6,10H2,1-3H3,(H,15,17). The zero-order valence-electron chi connectivity index (χ0n) is 12.2. The van der Waals surface area contributed by atoms with Gasteiger partial charge in [0.2, 0.25) is 0 Å². The SMILES string of the molecule is CCOC(=O)C(=O)NCC(c1cccs1)N(CC)CC. The number of carbonyl (C=O) groups excluding carboxylic acids is 2. The van der Waals surface area contributed by atoms with Crippen molar-refractivity contribution in [1.29, 1.82) is 0 Å². The summed E-state index contributed by atoms with van der Waals surface area (Å²) in [5.74, 6) is -1.50. The molecule has 6 heteroatoms. The van der Waals surface area contributed by atoms with Gasteiger partial charge in [-0.05, 0) is 31.5 Å². The molecule has 0 aliphatic rings. The van der Waals surface area contributed by atoms with Crippen LogP contribution in [0.4, 0.5) is 0 Å². The van der Waals surface area contributed by atoms with E-state index in [2.05, 4.69) is 28.8 Å². The van der Waals surface area contributed by atoms with Gasteiger partial charge in [-0.15, -0.1) is 11.3 Å². The summed E-state index contributed by atoms with van der Waals surface area (Å²) in [7, 11) is 0. The van der Waals surface area contributed by atoms with Crippen LogP contribution >= 0.6 is 11.3 Å². The second-order valence-corrected chi connectivity index (χ2v) is 5.16. The van der Waals surface area contributed by atoms with E-state index in [4.69, 9.17) is 0 Å². The number of ether oxygens (including phenoxy) is 1. The second kappa shape index (κ2) is 8.71. The van der Waals surface area contributed by atoms with E-state index in [1.54, 1.807) is 18.3 Å². The van der Waals surface area contributed by atoms with E-state index in [9.17, 15) is 9.59 Å². The quantitative estimate of drug-likeness (QED) is 0.616. The van der Waals surface area contributed by atoms with Gasteiger partial charge in [0, 0.05) is 11.4 Å². The van der Waals surface area contributed by atoms with Gasteiger partial charge in [0.1, 0.15) is 0 Å². The smallest absolute Gasteiger partial charge is 0.396 e. The van der Waals surface area contributed by atoms with Crippen LogP contribution < -0.4 is 5.32 Å². The van der Waals surface area contributed by atoms with Crippen LogP contribution in [-0.4, -0.2) is 43.0 Å². The van der Waals surface area contributed by atoms with E-state index >= 15 is 0 Å². The minimum Gasteiger partial charge on any atom is -0.459 e. The molecule has 20 heavy (non-hydrogen) atoms. The molecule has 1 rings (SSSR count). The van der Waals surface area contributed by atoms with Gasteiger partial charge in [-0.2, -0.15) is 0 Å². The van der Waals surface area contributed by atoms with E-state index in [1.807, 2.05) is 17.5 Å². The van der Waals surface area contributed by atoms with Crippen molar-refractivity contribution >= 4 is 23.2 Å². The summed E-state index contributed by atoms with van der Waals surface area (Å²) in [5, 5.41) is 4.67. The number of esters is 1. The van der Waals surface area contributed by atoms with Crippen molar-refractivity contribution in [3.8, 4) is 0 Å². The third-order valence-corrected chi connectivity index (χ3v) is 4.02. The van der Waals surface area contributed by atoms with Gasteiger partial charge in [-0.1, -0.05) is 19.9 Å². The normalized spacial score (nSPS) is 12.2. The van der Waals surface area contributed by atoms with Crippen molar-refractivity contribution in [1.82, 2.24) is 10.2 Å². The molecule has 1 aromatic heterocycles. The highest BCUT2D eigenvalue weighted by Crippen LogP contribution is 2.24. The molecule has 1 atom stereocenters. The summed E-state index contributed by atoms with van der Waals surface area (Å²) in [4.78, 5) is 26.3. The monoisotopic (exact) mass is 298 g/mol. The highest BCUT2D eigenvalue weighted by molar-refractivity contribution is 7.10. The first kappa shape index (κ1) is 16.7. The Bertz CT molecular complexity index is 416. The number of nitrogens with one attached hydrogen (secondary N) is 1. The van der Waals surface area contributed by atoms with Crippen LogP contribution in [0.25, 0.3) is 0 Å². The van der Waals surface area contributed by atoms with Gasteiger partial charge >= 0.3 is 11.9 Å². The number of nitrogens with zero attached hydrogens (tertiary/aromatic N) is 1. The maximum Gasteiger partial charge on any atom is 0.396 e. The molecular formula is C14H22N2O3S. The molecule has 0 radical (unpaired) electrons. The second-order valence-electron chi connectivity index (χ2n) is 4.18. The van der Waals surface area contributed by atoms with Crippen molar-refractivity contribution in [2.75, 3.05) is 26.2 Å². The Balaban J connectivity index is 2.66. The van der Waals surface area contributed by atoms with Crippen LogP contribution in [0.1, 0.15) is 31.7 Å². The molecule has 1 amide bonds. The zero-order valence-corrected chi connectivity index (χ0v) is 13.0. The minimum absolute atomic E-state index is 0.0865. The fourth-order valence-corrected chi connectivity index (χ4v) is 2.87. The van der Waals surface area contributed by atoms with Crippen LogP contribution in [0.5, 0.6) is 0 Å². The molecule has 1 heterocycles. The summed E-state index contributed by atoms with van der Waals surface area (Å²) in [5.41, 5.74) is 0. The summed E-state index contributed by atoms with van der Waals surface area (Å²) in [6.45, 7) is 8.21. The number of hydrogen-bond donors (Lipinski definition) is 1. The zero-order chi connectivity index (χ0) is 15.0. The summed E-state index contributed by atoms with van der Waals surface area (Å²) < 4.78 is 4.68. The Labute approximate surface area is 123 Å². The van der Waals surface area contributed by atoms with E-state index in [-0.39, 0.29) is 12.6 Å². The Kier molecular flexibility index (Phi) is 7.25. The van der Waals surface area contributed by atoms with Crippen LogP contribution in [-0.2, 0) is 14.3 Å². The Hall–Kier alpha value is -1.40. The summed E-state index contributed by atoms with van der Waals surface area (Å²) >= 11 is 1.65. The van der Waals surface area contributed by atoms with Crippen molar-refractivity contribution in [2.24, 2.45) is 0 Å². The van der Waals surface area contributed by atoms with Crippen molar-refractivity contribution in [2.45, 2.75) is 26.8 Å². The lowest BCUT2D eigenvalue weighted by Crippen LogP contribution is -2.40. The molecular weight excluding hydrogens is 276 g/mol. The van der Waals surface area contributed by atoms with Crippen LogP contribution in [0.2, 0.25) is 0 Å². The predicted octanol–water partition coefficient (Wildman–Crippen LogP) is 1.81. The van der Waals surface area contributed by atoms with E-state index in [0.29, 0.717) is 6.54 Å². The molecule has 1 N–H and O–H groups in total. The number of amides is 1. The first-order valence-electron chi connectivity index (χ1n) is 6.86. The molecule has 0 bridgehead atoms. The van der Waals surface area contributed by atoms with E-state index in [0.717, 1.165) is 13.1 Å². The molecule has 0 aliphatic carbocycles. The Morgan fingerprint density at radius 1 is 1.35 bits per heavy atom. The lowest BCUT2D eigenvalue weighted by molar-refractivity contribution is -0.154. The highest BCUT2D eigenvalue weighted by Gasteiger charge is 2.22. The first-order valence-corrected chi connectivity index (χ1v) is 7.74. The van der Waals surface area contributed by atoms with Crippen LogP contribution in [0.15, 0.2) is 17.5 Å². The molecule has 1 aromatic rings. The number of likely N-dealkylation sites (N-methyl/N-ethyl adjacent to an activating group) is 1. The maximum absolute atomic E-state index is 11.6. The van der Waals surface area contributed by atoms with Gasteiger partial charge < -0.3 is 10.1 Å². The molecule has 1 unspecified atom stereocenters. The number of hydrogen-bond acceptors (Lipinski definition) is 5. The minimum atomic E-state index is -0.822. The van der Waals surface area contributed by atoms with Crippen molar-refractivity contribution in [3.63, 3.8) is 0 Å². The molecule has 0 aromatic carbocycles. The van der Waals surface area contributed by atoms with Gasteiger partial charge in [-0.25, -0.2) is 4.79 Å². The third-order valence-electron chi connectivity index (χ3n) is 3.04. The van der Waals surface area contributed by atoms with Gasteiger partial charge in [-0.3, -0.25) is 9.69 Å². The third kappa shape index (κ3) is 4.61. The van der Waals surface area contributed by atoms with Gasteiger partial charge in [0.25, 0.3) is 0 Å². The van der Waals surface area contributed by atoms with Crippen molar-refractivity contribution < 1.29 is 14.3 Å². The average molecular weight is 298 g/mol. The molecule has 0 saturated heterocycles. The topological polar surface area (TPSA) is 58.6 Å². The Morgan fingerprint density at radius 3 is 2.55 bits per heavy atom. The molecule has 0 fully saturated rings. The molecule has 112 valence electrons. The molecule has 0 aliphatic heterocycles. The van der Waals surface area contributed by atoms with Gasteiger partial charge in [0.15, 0.2) is 0 Å². The molecule has 0 spiro atoms. The van der Waals surface area contributed by atoms with E-state index < -0.39 is 11.9 Å². The fourth-order valence-electron chi connectivity index (χ4n) is 2.01.